The van der Waals surface area contributed by atoms with E-state index in [4.69, 9.17) is 0 Å². The maximum Gasteiger partial charge on any atom is 0.241 e. The highest BCUT2D eigenvalue weighted by molar-refractivity contribution is 7.89. The monoisotopic (exact) mass is 311 g/mol. The molecule has 0 amide bonds. The standard InChI is InChI=1S/C14H17NO3S2/c1-10-8-19-9-13(10)6-15-20(17,18)14-5-3-4-12(7-16)11(14)2/h3-5,8-9,15-16H,6-7H2,1-2H3. The topological polar surface area (TPSA) is 66.4 Å². The van der Waals surface area contributed by atoms with Gasteiger partial charge in [0, 0.05) is 6.54 Å². The summed E-state index contributed by atoms with van der Waals surface area (Å²) in [6.45, 7) is 3.77. The number of aryl methyl sites for hydroxylation is 1. The first-order valence-electron chi connectivity index (χ1n) is 6.16. The van der Waals surface area contributed by atoms with Crippen LogP contribution in [0.4, 0.5) is 0 Å². The van der Waals surface area contributed by atoms with Crippen molar-refractivity contribution in [1.29, 1.82) is 0 Å². The summed E-state index contributed by atoms with van der Waals surface area (Å²) in [4.78, 5) is 0.219. The van der Waals surface area contributed by atoms with Crippen LogP contribution >= 0.6 is 11.3 Å². The van der Waals surface area contributed by atoms with E-state index in [2.05, 4.69) is 4.72 Å². The Labute approximate surface area is 123 Å². The van der Waals surface area contributed by atoms with Gasteiger partial charge in [0.1, 0.15) is 0 Å². The van der Waals surface area contributed by atoms with Crippen LogP contribution in [-0.4, -0.2) is 13.5 Å². The van der Waals surface area contributed by atoms with Gasteiger partial charge in [-0.2, -0.15) is 11.3 Å². The van der Waals surface area contributed by atoms with E-state index in [1.165, 1.54) is 0 Å². The molecule has 0 spiro atoms. The molecule has 0 atom stereocenters. The number of aliphatic hydroxyl groups excluding tert-OH is 1. The highest BCUT2D eigenvalue weighted by Crippen LogP contribution is 2.20. The van der Waals surface area contributed by atoms with Gasteiger partial charge in [-0.15, -0.1) is 0 Å². The number of rotatable bonds is 5. The molecule has 0 aliphatic heterocycles. The molecule has 0 fully saturated rings. The zero-order chi connectivity index (χ0) is 14.8. The lowest BCUT2D eigenvalue weighted by molar-refractivity contribution is 0.280. The van der Waals surface area contributed by atoms with Crippen molar-refractivity contribution in [2.75, 3.05) is 0 Å². The van der Waals surface area contributed by atoms with E-state index < -0.39 is 10.0 Å². The first-order chi connectivity index (χ1) is 9.45. The zero-order valence-electron chi connectivity index (χ0n) is 11.4. The van der Waals surface area contributed by atoms with Crippen molar-refractivity contribution < 1.29 is 13.5 Å². The van der Waals surface area contributed by atoms with Crippen LogP contribution < -0.4 is 4.72 Å². The molecule has 6 heteroatoms. The fraction of sp³-hybridized carbons (Fsp3) is 0.286. The third-order valence-electron chi connectivity index (χ3n) is 3.27. The minimum atomic E-state index is -3.57. The quantitative estimate of drug-likeness (QED) is 0.890. The molecular formula is C14H17NO3S2. The molecule has 2 aromatic rings. The molecule has 0 unspecified atom stereocenters. The van der Waals surface area contributed by atoms with E-state index in [1.807, 2.05) is 17.7 Å². The first-order valence-corrected chi connectivity index (χ1v) is 8.59. The Kier molecular flexibility index (Phi) is 4.59. The average molecular weight is 311 g/mol. The lowest BCUT2D eigenvalue weighted by Crippen LogP contribution is -2.24. The van der Waals surface area contributed by atoms with Crippen molar-refractivity contribution in [3.63, 3.8) is 0 Å². The average Bonchev–Trinajstić information content (AvgIpc) is 2.82. The molecule has 0 aliphatic rings. The second kappa shape index (κ2) is 6.05. The van der Waals surface area contributed by atoms with Crippen molar-refractivity contribution in [2.24, 2.45) is 0 Å². The number of sulfonamides is 1. The molecule has 0 bridgehead atoms. The molecule has 0 radical (unpaired) electrons. The van der Waals surface area contributed by atoms with Gasteiger partial charge in [-0.3, -0.25) is 0 Å². The van der Waals surface area contributed by atoms with Crippen LogP contribution in [0.15, 0.2) is 33.9 Å². The minimum absolute atomic E-state index is 0.168. The predicted octanol–water partition coefficient (Wildman–Crippen LogP) is 2.34. The SMILES string of the molecule is Cc1cscc1CNS(=O)(=O)c1cccc(CO)c1C. The molecule has 2 N–H and O–H groups in total. The van der Waals surface area contributed by atoms with Gasteiger partial charge in [0.2, 0.25) is 10.0 Å². The summed E-state index contributed by atoms with van der Waals surface area (Å²) in [5.41, 5.74) is 3.28. The lowest BCUT2D eigenvalue weighted by Gasteiger charge is -2.11. The molecule has 1 heterocycles. The molecule has 0 saturated heterocycles. The van der Waals surface area contributed by atoms with Crippen LogP contribution in [0.5, 0.6) is 0 Å². The Morgan fingerprint density at radius 2 is 1.95 bits per heavy atom. The molecule has 1 aromatic heterocycles. The van der Waals surface area contributed by atoms with Crippen LogP contribution in [0.3, 0.4) is 0 Å². The molecule has 0 saturated carbocycles. The maximum absolute atomic E-state index is 12.3. The van der Waals surface area contributed by atoms with Crippen LogP contribution in [0.1, 0.15) is 22.3 Å². The van der Waals surface area contributed by atoms with Gasteiger partial charge in [0.15, 0.2) is 0 Å². The second-order valence-corrected chi connectivity index (χ2v) is 7.08. The number of nitrogens with one attached hydrogen (secondary N) is 1. The molecule has 1 aromatic carbocycles. The molecule has 0 aliphatic carbocycles. The maximum atomic E-state index is 12.3. The molecule has 20 heavy (non-hydrogen) atoms. The van der Waals surface area contributed by atoms with E-state index >= 15 is 0 Å². The molecule has 4 nitrogen and oxygen atoms in total. The molecular weight excluding hydrogens is 294 g/mol. The van der Waals surface area contributed by atoms with Crippen molar-refractivity contribution in [3.8, 4) is 0 Å². The van der Waals surface area contributed by atoms with Crippen LogP contribution in [0.25, 0.3) is 0 Å². The zero-order valence-corrected chi connectivity index (χ0v) is 13.0. The number of hydrogen-bond acceptors (Lipinski definition) is 4. The van der Waals surface area contributed by atoms with Crippen molar-refractivity contribution in [3.05, 3.63) is 51.2 Å². The Bertz CT molecular complexity index is 705. The van der Waals surface area contributed by atoms with Crippen molar-refractivity contribution >= 4 is 21.4 Å². The summed E-state index contributed by atoms with van der Waals surface area (Å²) in [5, 5.41) is 13.1. The predicted molar refractivity (Wildman–Crippen MR) is 80.2 cm³/mol. The summed E-state index contributed by atoms with van der Waals surface area (Å²) >= 11 is 1.55. The Morgan fingerprint density at radius 3 is 2.55 bits per heavy atom. The summed E-state index contributed by atoms with van der Waals surface area (Å²) < 4.78 is 27.3. The summed E-state index contributed by atoms with van der Waals surface area (Å²) in [6, 6.07) is 4.91. The second-order valence-electron chi connectivity index (χ2n) is 4.60. The minimum Gasteiger partial charge on any atom is -0.392 e. The fourth-order valence-electron chi connectivity index (χ4n) is 1.94. The molecule has 2 rings (SSSR count). The Balaban J connectivity index is 2.25. The van der Waals surface area contributed by atoms with Crippen molar-refractivity contribution in [2.45, 2.75) is 31.9 Å². The van der Waals surface area contributed by atoms with Crippen LogP contribution in [-0.2, 0) is 23.2 Å². The van der Waals surface area contributed by atoms with Gasteiger partial charge < -0.3 is 5.11 Å². The van der Waals surface area contributed by atoms with E-state index in [1.54, 1.807) is 36.5 Å². The van der Waals surface area contributed by atoms with Gasteiger partial charge >= 0.3 is 0 Å². The summed E-state index contributed by atoms with van der Waals surface area (Å²) in [5.74, 6) is 0. The molecule has 108 valence electrons. The van der Waals surface area contributed by atoms with Gasteiger partial charge in [0.25, 0.3) is 0 Å². The first kappa shape index (κ1) is 15.2. The lowest BCUT2D eigenvalue weighted by atomic mass is 10.1. The van der Waals surface area contributed by atoms with Crippen LogP contribution in [0, 0.1) is 13.8 Å². The van der Waals surface area contributed by atoms with E-state index in [-0.39, 0.29) is 18.0 Å². The number of benzene rings is 1. The highest BCUT2D eigenvalue weighted by atomic mass is 32.2. The third kappa shape index (κ3) is 3.09. The normalized spacial score (nSPS) is 11.8. The Hall–Kier alpha value is -1.21. The van der Waals surface area contributed by atoms with E-state index in [9.17, 15) is 13.5 Å². The third-order valence-corrected chi connectivity index (χ3v) is 5.73. The highest BCUT2D eigenvalue weighted by Gasteiger charge is 2.18. The van der Waals surface area contributed by atoms with E-state index in [0.29, 0.717) is 11.1 Å². The number of hydrogen-bond donors (Lipinski definition) is 2. The van der Waals surface area contributed by atoms with Gasteiger partial charge in [0.05, 0.1) is 11.5 Å². The van der Waals surface area contributed by atoms with Gasteiger partial charge in [-0.05, 0) is 52.9 Å². The largest absolute Gasteiger partial charge is 0.392 e. The van der Waals surface area contributed by atoms with E-state index in [0.717, 1.165) is 11.1 Å². The smallest absolute Gasteiger partial charge is 0.241 e. The van der Waals surface area contributed by atoms with Crippen LogP contribution in [0.2, 0.25) is 0 Å². The number of thiophene rings is 1. The Morgan fingerprint density at radius 1 is 1.20 bits per heavy atom. The summed E-state index contributed by atoms with van der Waals surface area (Å²) in [7, 11) is -3.57. The number of aliphatic hydroxyl groups is 1. The summed E-state index contributed by atoms with van der Waals surface area (Å²) in [6.07, 6.45) is 0. The van der Waals surface area contributed by atoms with Gasteiger partial charge in [-0.1, -0.05) is 12.1 Å². The van der Waals surface area contributed by atoms with Crippen molar-refractivity contribution in [1.82, 2.24) is 4.72 Å². The van der Waals surface area contributed by atoms with Gasteiger partial charge in [-0.25, -0.2) is 13.1 Å². The fourth-order valence-corrected chi connectivity index (χ4v) is 4.09.